The number of phenols is 2. The van der Waals surface area contributed by atoms with Gasteiger partial charge in [-0.1, -0.05) is 65.2 Å². The summed E-state index contributed by atoms with van der Waals surface area (Å²) in [5, 5.41) is 32.0. The number of aromatic hydroxyl groups is 2. The van der Waals surface area contributed by atoms with E-state index in [0.717, 1.165) is 35.6 Å². The van der Waals surface area contributed by atoms with E-state index in [2.05, 4.69) is 45.9 Å². The topological polar surface area (TPSA) is 112 Å². The molecule has 0 saturated heterocycles. The molecule has 2 aliphatic rings. The van der Waals surface area contributed by atoms with Crippen molar-refractivity contribution in [2.24, 2.45) is 22.2 Å². The fourth-order valence-corrected chi connectivity index (χ4v) is 7.78. The summed E-state index contributed by atoms with van der Waals surface area (Å²) in [6, 6.07) is 3.69. The third-order valence-corrected chi connectivity index (χ3v) is 10.8. The van der Waals surface area contributed by atoms with Gasteiger partial charge >= 0.3 is 0 Å². The van der Waals surface area contributed by atoms with Gasteiger partial charge in [0.05, 0.1) is 5.41 Å². The molecule has 1 aromatic carbocycles. The van der Waals surface area contributed by atoms with E-state index in [4.69, 9.17) is 0 Å². The summed E-state index contributed by atoms with van der Waals surface area (Å²) >= 11 is 0. The Bertz CT molecular complexity index is 1650. The average Bonchev–Trinajstić information content (AvgIpc) is 3.00. The lowest BCUT2D eigenvalue weighted by molar-refractivity contribution is -0.178. The molecule has 0 spiro atoms. The van der Waals surface area contributed by atoms with Gasteiger partial charge in [0.25, 0.3) is 0 Å². The van der Waals surface area contributed by atoms with E-state index in [1.807, 2.05) is 53.7 Å². The highest BCUT2D eigenvalue weighted by atomic mass is 16.3. The number of benzene rings is 1. The Balaban J connectivity index is 2.44. The normalized spacial score (nSPS) is 26.2. The summed E-state index contributed by atoms with van der Waals surface area (Å²) in [6.07, 6.45) is 14.6. The molecule has 4 atom stereocenters. The van der Waals surface area contributed by atoms with Crippen LogP contribution in [0.1, 0.15) is 126 Å². The Labute approximate surface area is 294 Å². The second kappa shape index (κ2) is 15.7. The van der Waals surface area contributed by atoms with Crippen LogP contribution in [0.2, 0.25) is 0 Å². The molecule has 6 nitrogen and oxygen atoms in total. The van der Waals surface area contributed by atoms with Gasteiger partial charge in [-0.15, -0.1) is 0 Å². The van der Waals surface area contributed by atoms with E-state index in [0.29, 0.717) is 19.3 Å². The largest absolute Gasteiger partial charge is 0.506 e. The van der Waals surface area contributed by atoms with E-state index in [1.54, 1.807) is 0 Å². The number of phenolic OH excluding ortho intramolecular Hbond substituents is 2. The molecule has 49 heavy (non-hydrogen) atoms. The number of ketones is 3. The van der Waals surface area contributed by atoms with Crippen molar-refractivity contribution in [3.63, 3.8) is 0 Å². The number of aliphatic hydroxyl groups excluding tert-OH is 1. The second-order valence-corrected chi connectivity index (χ2v) is 15.6. The van der Waals surface area contributed by atoms with Crippen LogP contribution in [0.5, 0.6) is 11.5 Å². The van der Waals surface area contributed by atoms with Gasteiger partial charge in [0.1, 0.15) is 16.7 Å². The Morgan fingerprint density at radius 3 is 1.90 bits per heavy atom. The Morgan fingerprint density at radius 2 is 1.33 bits per heavy atom. The number of fused-ring (bicyclic) bond motifs is 2. The van der Waals surface area contributed by atoms with E-state index in [9.17, 15) is 20.1 Å². The number of allylic oxidation sites excluding steroid dienone is 11. The van der Waals surface area contributed by atoms with E-state index in [-0.39, 0.29) is 36.5 Å². The molecule has 0 aromatic heterocycles. The van der Waals surface area contributed by atoms with Crippen LogP contribution in [0.4, 0.5) is 0 Å². The molecular weight excluding hydrogens is 612 g/mol. The van der Waals surface area contributed by atoms with Crippen molar-refractivity contribution >= 4 is 23.1 Å². The first-order valence-corrected chi connectivity index (χ1v) is 17.6. The molecule has 266 valence electrons. The number of aliphatic hydroxyl groups is 1. The summed E-state index contributed by atoms with van der Waals surface area (Å²) in [5.41, 5.74) is 1.11. The lowest BCUT2D eigenvalue weighted by Crippen LogP contribution is -2.70. The van der Waals surface area contributed by atoms with Crippen molar-refractivity contribution in [3.05, 3.63) is 87.6 Å². The number of carbonyl (C=O) groups excluding carboxylic acids is 3. The van der Waals surface area contributed by atoms with Gasteiger partial charge in [-0.3, -0.25) is 14.4 Å². The monoisotopic (exact) mass is 670 g/mol. The van der Waals surface area contributed by atoms with Gasteiger partial charge in [0.15, 0.2) is 28.8 Å². The molecule has 2 aliphatic carbocycles. The highest BCUT2D eigenvalue weighted by Gasteiger charge is 2.74. The van der Waals surface area contributed by atoms with Gasteiger partial charge in [0.2, 0.25) is 0 Å². The molecule has 1 aromatic rings. The Kier molecular flexibility index (Phi) is 12.7. The van der Waals surface area contributed by atoms with Crippen LogP contribution < -0.4 is 0 Å². The highest BCUT2D eigenvalue weighted by molar-refractivity contribution is 6.41. The maximum absolute atomic E-state index is 15.4. The highest BCUT2D eigenvalue weighted by Crippen LogP contribution is 2.67. The molecule has 0 amide bonds. The first kappa shape index (κ1) is 39.5. The predicted octanol–water partition coefficient (Wildman–Crippen LogP) is 10.6. The van der Waals surface area contributed by atoms with Crippen molar-refractivity contribution in [3.8, 4) is 11.5 Å². The minimum Gasteiger partial charge on any atom is -0.506 e. The summed E-state index contributed by atoms with van der Waals surface area (Å²) < 4.78 is 0. The summed E-state index contributed by atoms with van der Waals surface area (Å²) in [7, 11) is 0. The predicted molar refractivity (Wildman–Crippen MR) is 199 cm³/mol. The standard InChI is InChI=1S/C43H58O6/c1-27(2)13-11-15-31(9)16-18-33-26-42(23-20-29(5)6)38(47)36(37(46)32-17-19-34(44)35(45)25-32)39(48)43(40(42)49,24-21-30(7)8)41(33,10)22-12-14-28(3)4/h13-14,16-17,19-21,25,33,44-46H,11-12,15,18,22-24,26H2,1-10H3/b31-16+,37-36-/t33-,41+,42-,43+/m1/s1. The molecule has 0 radical (unpaired) electrons. The molecule has 2 saturated carbocycles. The molecule has 0 unspecified atom stereocenters. The van der Waals surface area contributed by atoms with Crippen molar-refractivity contribution in [2.75, 3.05) is 0 Å². The van der Waals surface area contributed by atoms with Crippen LogP contribution >= 0.6 is 0 Å². The van der Waals surface area contributed by atoms with E-state index >= 15 is 9.59 Å². The van der Waals surface area contributed by atoms with E-state index in [1.165, 1.54) is 23.3 Å². The molecular formula is C43H58O6. The summed E-state index contributed by atoms with van der Waals surface area (Å²) in [6.45, 7) is 20.1. The lowest BCUT2D eigenvalue weighted by Gasteiger charge is -2.61. The zero-order chi connectivity index (χ0) is 36.9. The Morgan fingerprint density at radius 1 is 0.755 bits per heavy atom. The molecule has 3 N–H and O–H groups in total. The van der Waals surface area contributed by atoms with E-state index < -0.39 is 50.6 Å². The SMILES string of the molecule is CC(C)=CCC/C(C)=C/C[C@@H]1C[C@]2(CC=C(C)C)C(=O)/C(=C(/O)c3ccc(O)c(O)c3)C(=O)[C@@](CC=C(C)C)(C2=O)[C@@]1(C)CCC=C(C)C. The molecule has 0 aliphatic heterocycles. The van der Waals surface area contributed by atoms with Gasteiger partial charge in [-0.2, -0.15) is 0 Å². The minimum atomic E-state index is -1.63. The van der Waals surface area contributed by atoms with Crippen LogP contribution in [-0.4, -0.2) is 32.7 Å². The third kappa shape index (κ3) is 7.95. The smallest absolute Gasteiger partial charge is 0.184 e. The zero-order valence-electron chi connectivity index (χ0n) is 31.4. The Hall–Kier alpha value is -3.93. The summed E-state index contributed by atoms with van der Waals surface area (Å²) in [5.74, 6) is -3.33. The molecule has 2 bridgehead atoms. The second-order valence-electron chi connectivity index (χ2n) is 15.6. The quantitative estimate of drug-likeness (QED) is 0.0481. The van der Waals surface area contributed by atoms with Crippen molar-refractivity contribution in [2.45, 2.75) is 121 Å². The first-order valence-electron chi connectivity index (χ1n) is 17.6. The van der Waals surface area contributed by atoms with Crippen molar-refractivity contribution < 1.29 is 29.7 Å². The van der Waals surface area contributed by atoms with Crippen LogP contribution in [0.25, 0.3) is 5.76 Å². The number of rotatable bonds is 13. The molecule has 2 fully saturated rings. The third-order valence-electron chi connectivity index (χ3n) is 10.8. The maximum atomic E-state index is 15.4. The van der Waals surface area contributed by atoms with Gasteiger partial charge < -0.3 is 15.3 Å². The number of hydrogen-bond donors (Lipinski definition) is 3. The lowest BCUT2D eigenvalue weighted by atomic mass is 9.37. The van der Waals surface area contributed by atoms with Gasteiger partial charge in [0, 0.05) is 5.56 Å². The van der Waals surface area contributed by atoms with Crippen LogP contribution in [0.15, 0.2) is 82.0 Å². The van der Waals surface area contributed by atoms with Crippen molar-refractivity contribution in [1.29, 1.82) is 0 Å². The van der Waals surface area contributed by atoms with Gasteiger partial charge in [-0.25, -0.2) is 0 Å². The van der Waals surface area contributed by atoms with Crippen LogP contribution in [0.3, 0.4) is 0 Å². The first-order chi connectivity index (χ1) is 22.8. The average molecular weight is 671 g/mol. The molecule has 0 heterocycles. The van der Waals surface area contributed by atoms with Gasteiger partial charge in [-0.05, 0) is 143 Å². The number of Topliss-reactive ketones (excluding diaryl/α,β-unsaturated/α-hetero) is 3. The summed E-state index contributed by atoms with van der Waals surface area (Å²) in [4.78, 5) is 45.6. The number of carbonyl (C=O) groups is 3. The molecule has 3 rings (SSSR count). The molecule has 6 heteroatoms. The fraction of sp³-hybridized carbons (Fsp3) is 0.512. The van der Waals surface area contributed by atoms with Crippen molar-refractivity contribution in [1.82, 2.24) is 0 Å². The zero-order valence-corrected chi connectivity index (χ0v) is 31.4. The number of hydrogen-bond acceptors (Lipinski definition) is 6. The fourth-order valence-electron chi connectivity index (χ4n) is 7.78. The van der Waals surface area contributed by atoms with Crippen LogP contribution in [0, 0.1) is 22.2 Å². The van der Waals surface area contributed by atoms with Crippen LogP contribution in [-0.2, 0) is 14.4 Å². The minimum absolute atomic E-state index is 0.0202. The maximum Gasteiger partial charge on any atom is 0.184 e.